The van der Waals surface area contributed by atoms with Crippen molar-refractivity contribution in [2.75, 3.05) is 13.2 Å². The fraction of sp³-hybridized carbons (Fsp3) is 0.917. The summed E-state index contributed by atoms with van der Waals surface area (Å²) in [6, 6.07) is 0. The molecular formula is C36H68O9. The Bertz CT molecular complexity index is 675. The predicted octanol–water partition coefficient (Wildman–Crippen LogP) is 7.49. The van der Waals surface area contributed by atoms with E-state index in [9.17, 15) is 29.7 Å². The van der Waals surface area contributed by atoms with E-state index >= 15 is 0 Å². The van der Waals surface area contributed by atoms with Crippen LogP contribution in [0.3, 0.4) is 0 Å². The van der Waals surface area contributed by atoms with Gasteiger partial charge < -0.3 is 29.5 Å². The van der Waals surface area contributed by atoms with Crippen molar-refractivity contribution in [3.8, 4) is 0 Å². The van der Waals surface area contributed by atoms with Gasteiger partial charge in [-0.2, -0.15) is 0 Å². The first-order chi connectivity index (χ1) is 21.7. The zero-order valence-corrected chi connectivity index (χ0v) is 29.0. The van der Waals surface area contributed by atoms with Crippen LogP contribution >= 0.6 is 0 Å². The van der Waals surface area contributed by atoms with Crippen molar-refractivity contribution < 1.29 is 43.9 Å². The lowest BCUT2D eigenvalue weighted by molar-refractivity contribution is -0.167. The number of aliphatic hydroxyl groups is 3. The van der Waals surface area contributed by atoms with Crippen LogP contribution < -0.4 is 0 Å². The molecule has 3 N–H and O–H groups in total. The molecule has 45 heavy (non-hydrogen) atoms. The Kier molecular flexibility index (Phi) is 29.7. The first-order valence-electron chi connectivity index (χ1n) is 18.3. The van der Waals surface area contributed by atoms with Gasteiger partial charge >= 0.3 is 17.9 Å². The molecule has 0 aliphatic rings. The summed E-state index contributed by atoms with van der Waals surface area (Å²) in [6.45, 7) is 5.95. The topological polar surface area (TPSA) is 140 Å². The lowest BCUT2D eigenvalue weighted by atomic mass is 10.0. The van der Waals surface area contributed by atoms with Gasteiger partial charge in [-0.25, -0.2) is 0 Å². The third-order valence-corrected chi connectivity index (χ3v) is 8.09. The normalized spacial score (nSPS) is 14.0. The molecule has 0 saturated heterocycles. The molecule has 0 aromatic heterocycles. The smallest absolute Gasteiger partial charge is 0.306 e. The molecule has 9 nitrogen and oxygen atoms in total. The number of hydrogen-bond acceptors (Lipinski definition) is 9. The molecule has 0 heterocycles. The molecule has 0 aliphatic heterocycles. The number of carbonyl (C=O) groups is 3. The van der Waals surface area contributed by atoms with E-state index in [1.54, 1.807) is 0 Å². The van der Waals surface area contributed by atoms with Gasteiger partial charge in [0.1, 0.15) is 13.2 Å². The average molecular weight is 645 g/mol. The Balaban J connectivity index is 4.52. The van der Waals surface area contributed by atoms with Crippen molar-refractivity contribution in [1.29, 1.82) is 0 Å². The van der Waals surface area contributed by atoms with E-state index < -0.39 is 24.0 Å². The lowest BCUT2D eigenvalue weighted by Crippen LogP contribution is -2.30. The number of esters is 3. The van der Waals surface area contributed by atoms with Gasteiger partial charge in [-0.1, -0.05) is 97.8 Å². The van der Waals surface area contributed by atoms with Gasteiger partial charge in [0.25, 0.3) is 0 Å². The zero-order valence-electron chi connectivity index (χ0n) is 29.0. The SMILES string of the molecule is CCCCC(O)CCCCCC(=O)OCC(COC(=O)CCCCCC(O)CCCC)OC(=O)CCCCCC(O)CCCC. The Hall–Kier alpha value is -1.71. The minimum Gasteiger partial charge on any atom is -0.462 e. The van der Waals surface area contributed by atoms with E-state index in [2.05, 4.69) is 20.8 Å². The fourth-order valence-corrected chi connectivity index (χ4v) is 5.11. The Labute approximate surface area is 274 Å². The Morgan fingerprint density at radius 1 is 0.444 bits per heavy atom. The quantitative estimate of drug-likeness (QED) is 0.0386. The van der Waals surface area contributed by atoms with E-state index in [0.29, 0.717) is 19.3 Å². The van der Waals surface area contributed by atoms with Gasteiger partial charge in [-0.15, -0.1) is 0 Å². The molecule has 3 unspecified atom stereocenters. The summed E-state index contributed by atoms with van der Waals surface area (Å²) in [7, 11) is 0. The first-order valence-corrected chi connectivity index (χ1v) is 18.3. The summed E-state index contributed by atoms with van der Waals surface area (Å²) in [5.41, 5.74) is 0. The number of ether oxygens (including phenoxy) is 3. The van der Waals surface area contributed by atoms with Crippen LogP contribution in [-0.4, -0.2) is 70.9 Å². The molecule has 9 heteroatoms. The Morgan fingerprint density at radius 2 is 0.756 bits per heavy atom. The second-order valence-electron chi connectivity index (χ2n) is 12.7. The van der Waals surface area contributed by atoms with Crippen LogP contribution in [0.2, 0.25) is 0 Å². The summed E-state index contributed by atoms with van der Waals surface area (Å²) < 4.78 is 16.3. The largest absolute Gasteiger partial charge is 0.462 e. The molecule has 0 rings (SSSR count). The summed E-state index contributed by atoms with van der Waals surface area (Å²) in [5.74, 6) is -1.21. The molecule has 0 spiro atoms. The Morgan fingerprint density at radius 3 is 1.09 bits per heavy atom. The van der Waals surface area contributed by atoms with Crippen LogP contribution in [0.15, 0.2) is 0 Å². The van der Waals surface area contributed by atoms with Gasteiger partial charge in [0.05, 0.1) is 18.3 Å². The van der Waals surface area contributed by atoms with Crippen molar-refractivity contribution in [1.82, 2.24) is 0 Å². The van der Waals surface area contributed by atoms with Gasteiger partial charge in [0, 0.05) is 19.3 Å². The van der Waals surface area contributed by atoms with Crippen LogP contribution in [0.4, 0.5) is 0 Å². The van der Waals surface area contributed by atoms with E-state index in [0.717, 1.165) is 116 Å². The van der Waals surface area contributed by atoms with Gasteiger partial charge in [-0.05, 0) is 57.8 Å². The molecule has 0 fully saturated rings. The van der Waals surface area contributed by atoms with E-state index in [1.807, 2.05) is 0 Å². The van der Waals surface area contributed by atoms with E-state index in [-0.39, 0.29) is 50.8 Å². The summed E-state index contributed by atoms with van der Waals surface area (Å²) in [6.07, 6.45) is 16.7. The number of rotatable bonds is 32. The van der Waals surface area contributed by atoms with Crippen LogP contribution in [0.1, 0.15) is 175 Å². The lowest BCUT2D eigenvalue weighted by Gasteiger charge is -2.18. The standard InChI is InChI=1S/C36H68O9/c1-4-7-19-30(37)22-13-10-16-25-34(40)43-28-33(45-36(42)27-18-12-15-24-32(39)21-9-6-3)29-44-35(41)26-17-11-14-23-31(38)20-8-5-2/h30-33,37-39H,4-29H2,1-3H3. The van der Waals surface area contributed by atoms with Crippen LogP contribution in [0.5, 0.6) is 0 Å². The minimum atomic E-state index is -0.872. The number of aliphatic hydroxyl groups excluding tert-OH is 3. The second kappa shape index (κ2) is 30.9. The highest BCUT2D eigenvalue weighted by Crippen LogP contribution is 2.14. The summed E-state index contributed by atoms with van der Waals surface area (Å²) >= 11 is 0. The van der Waals surface area contributed by atoms with Crippen LogP contribution in [0, 0.1) is 0 Å². The van der Waals surface area contributed by atoms with Gasteiger partial charge in [0.15, 0.2) is 6.10 Å². The van der Waals surface area contributed by atoms with Crippen molar-refractivity contribution in [3.63, 3.8) is 0 Å². The molecule has 0 radical (unpaired) electrons. The maximum atomic E-state index is 12.5. The second-order valence-corrected chi connectivity index (χ2v) is 12.7. The molecular weight excluding hydrogens is 576 g/mol. The zero-order chi connectivity index (χ0) is 33.5. The molecule has 0 aliphatic carbocycles. The minimum absolute atomic E-state index is 0.174. The number of hydrogen-bond donors (Lipinski definition) is 3. The third-order valence-electron chi connectivity index (χ3n) is 8.09. The highest BCUT2D eigenvalue weighted by Gasteiger charge is 2.20. The average Bonchev–Trinajstić information content (AvgIpc) is 3.02. The van der Waals surface area contributed by atoms with Crippen molar-refractivity contribution in [2.45, 2.75) is 199 Å². The maximum Gasteiger partial charge on any atom is 0.306 e. The fourth-order valence-electron chi connectivity index (χ4n) is 5.11. The molecule has 266 valence electrons. The first kappa shape index (κ1) is 43.3. The van der Waals surface area contributed by atoms with Crippen molar-refractivity contribution >= 4 is 17.9 Å². The van der Waals surface area contributed by atoms with Crippen molar-refractivity contribution in [2.24, 2.45) is 0 Å². The predicted molar refractivity (Wildman–Crippen MR) is 178 cm³/mol. The van der Waals surface area contributed by atoms with Crippen molar-refractivity contribution in [3.05, 3.63) is 0 Å². The molecule has 0 aromatic carbocycles. The van der Waals surface area contributed by atoms with Crippen LogP contribution in [-0.2, 0) is 28.6 Å². The summed E-state index contributed by atoms with van der Waals surface area (Å²) in [5, 5.41) is 29.9. The number of carbonyl (C=O) groups excluding carboxylic acids is 3. The van der Waals surface area contributed by atoms with Gasteiger partial charge in [0.2, 0.25) is 0 Å². The molecule has 3 atom stereocenters. The molecule has 0 saturated carbocycles. The highest BCUT2D eigenvalue weighted by atomic mass is 16.6. The molecule has 0 amide bonds. The highest BCUT2D eigenvalue weighted by molar-refractivity contribution is 5.71. The van der Waals surface area contributed by atoms with Crippen LogP contribution in [0.25, 0.3) is 0 Å². The molecule has 0 aromatic rings. The van der Waals surface area contributed by atoms with E-state index in [4.69, 9.17) is 14.2 Å². The third kappa shape index (κ3) is 29.4. The molecule has 0 bridgehead atoms. The monoisotopic (exact) mass is 644 g/mol. The van der Waals surface area contributed by atoms with E-state index in [1.165, 1.54) is 0 Å². The van der Waals surface area contributed by atoms with Gasteiger partial charge in [-0.3, -0.25) is 14.4 Å². The summed E-state index contributed by atoms with van der Waals surface area (Å²) in [4.78, 5) is 37.2. The maximum absolute atomic E-state index is 12.5. The number of unbranched alkanes of at least 4 members (excludes halogenated alkanes) is 9.